The van der Waals surface area contributed by atoms with Crippen molar-refractivity contribution in [2.24, 2.45) is 0 Å². The molecule has 0 aliphatic carbocycles. The van der Waals surface area contributed by atoms with Crippen molar-refractivity contribution in [2.75, 3.05) is 26.4 Å². The summed E-state index contributed by atoms with van der Waals surface area (Å²) in [5, 5.41) is 10.1. The van der Waals surface area contributed by atoms with Crippen molar-refractivity contribution in [2.45, 2.75) is 51.3 Å². The second-order valence-electron chi connectivity index (χ2n) is 6.36. The SMILES string of the molecule is CC1CCCC(C)N1CC(O)COCCOc1ccc(F)cc1. The molecule has 0 saturated carbocycles. The van der Waals surface area contributed by atoms with Crippen molar-refractivity contribution in [1.82, 2.24) is 4.90 Å². The predicted molar refractivity (Wildman–Crippen MR) is 88.2 cm³/mol. The van der Waals surface area contributed by atoms with E-state index in [4.69, 9.17) is 9.47 Å². The summed E-state index contributed by atoms with van der Waals surface area (Å²) in [5.41, 5.74) is 0. The zero-order valence-electron chi connectivity index (χ0n) is 14.1. The lowest BCUT2D eigenvalue weighted by Crippen LogP contribution is -2.48. The first-order valence-corrected chi connectivity index (χ1v) is 8.46. The van der Waals surface area contributed by atoms with Crippen LogP contribution in [-0.2, 0) is 4.74 Å². The van der Waals surface area contributed by atoms with Gasteiger partial charge in [0.15, 0.2) is 0 Å². The third kappa shape index (κ3) is 6.09. The quantitative estimate of drug-likeness (QED) is 0.746. The van der Waals surface area contributed by atoms with Gasteiger partial charge in [-0.1, -0.05) is 6.42 Å². The van der Waals surface area contributed by atoms with Gasteiger partial charge in [0.1, 0.15) is 18.2 Å². The maximum Gasteiger partial charge on any atom is 0.123 e. The molecule has 1 heterocycles. The molecule has 4 nitrogen and oxygen atoms in total. The summed E-state index contributed by atoms with van der Waals surface area (Å²) in [7, 11) is 0. The summed E-state index contributed by atoms with van der Waals surface area (Å²) in [4.78, 5) is 2.37. The van der Waals surface area contributed by atoms with Gasteiger partial charge in [-0.05, 0) is 51.0 Å². The van der Waals surface area contributed by atoms with Gasteiger partial charge in [0.05, 0.1) is 19.3 Å². The van der Waals surface area contributed by atoms with Gasteiger partial charge in [-0.2, -0.15) is 0 Å². The molecule has 0 amide bonds. The number of piperidine rings is 1. The minimum absolute atomic E-state index is 0.280. The van der Waals surface area contributed by atoms with Crippen LogP contribution < -0.4 is 4.74 Å². The van der Waals surface area contributed by atoms with Crippen LogP contribution in [0.2, 0.25) is 0 Å². The first-order chi connectivity index (χ1) is 11.1. The van der Waals surface area contributed by atoms with Crippen LogP contribution in [0.1, 0.15) is 33.1 Å². The lowest BCUT2D eigenvalue weighted by Gasteiger charge is -2.40. The molecule has 1 N–H and O–H groups in total. The number of likely N-dealkylation sites (tertiary alicyclic amines) is 1. The van der Waals surface area contributed by atoms with E-state index in [1.165, 1.54) is 31.4 Å². The Hall–Kier alpha value is -1.17. The van der Waals surface area contributed by atoms with Crippen molar-refractivity contribution in [1.29, 1.82) is 0 Å². The Bertz CT molecular complexity index is 444. The summed E-state index contributed by atoms with van der Waals surface area (Å²) in [5.74, 6) is 0.337. The number of aliphatic hydroxyl groups excluding tert-OH is 1. The Morgan fingerprint density at radius 1 is 1.17 bits per heavy atom. The zero-order chi connectivity index (χ0) is 16.7. The van der Waals surface area contributed by atoms with Gasteiger partial charge in [-0.25, -0.2) is 4.39 Å². The fourth-order valence-corrected chi connectivity index (χ4v) is 3.10. The molecule has 0 bridgehead atoms. The number of halogens is 1. The summed E-state index contributed by atoms with van der Waals surface area (Å²) in [6.07, 6.45) is 3.18. The second kappa shape index (κ2) is 9.21. The number of rotatable bonds is 8. The highest BCUT2D eigenvalue weighted by atomic mass is 19.1. The number of aliphatic hydroxyl groups is 1. The molecule has 2 rings (SSSR count). The molecule has 3 atom stereocenters. The topological polar surface area (TPSA) is 41.9 Å². The molecule has 1 saturated heterocycles. The lowest BCUT2D eigenvalue weighted by atomic mass is 9.97. The molecule has 1 aromatic carbocycles. The maximum absolute atomic E-state index is 12.8. The Morgan fingerprint density at radius 2 is 1.83 bits per heavy atom. The molecule has 1 aliphatic heterocycles. The number of nitrogens with zero attached hydrogens (tertiary/aromatic N) is 1. The maximum atomic E-state index is 12.8. The Kier molecular flexibility index (Phi) is 7.27. The van der Waals surface area contributed by atoms with Crippen molar-refractivity contribution in [3.63, 3.8) is 0 Å². The predicted octanol–water partition coefficient (Wildman–Crippen LogP) is 2.84. The highest BCUT2D eigenvalue weighted by Gasteiger charge is 2.26. The Morgan fingerprint density at radius 3 is 2.48 bits per heavy atom. The molecule has 0 spiro atoms. The van der Waals surface area contributed by atoms with E-state index in [2.05, 4.69) is 18.7 Å². The first kappa shape index (κ1) is 18.2. The molecule has 130 valence electrons. The van der Waals surface area contributed by atoms with E-state index in [1.54, 1.807) is 12.1 Å². The fraction of sp³-hybridized carbons (Fsp3) is 0.667. The smallest absolute Gasteiger partial charge is 0.123 e. The van der Waals surface area contributed by atoms with E-state index >= 15 is 0 Å². The van der Waals surface area contributed by atoms with Gasteiger partial charge in [-0.3, -0.25) is 4.90 Å². The van der Waals surface area contributed by atoms with E-state index < -0.39 is 6.10 Å². The van der Waals surface area contributed by atoms with Crippen LogP contribution in [0.25, 0.3) is 0 Å². The van der Waals surface area contributed by atoms with Crippen LogP contribution >= 0.6 is 0 Å². The Balaban J connectivity index is 1.59. The zero-order valence-corrected chi connectivity index (χ0v) is 14.1. The van der Waals surface area contributed by atoms with Gasteiger partial charge in [0, 0.05) is 18.6 Å². The molecule has 0 radical (unpaired) electrons. The number of hydrogen-bond donors (Lipinski definition) is 1. The van der Waals surface area contributed by atoms with Crippen molar-refractivity contribution in [3.05, 3.63) is 30.1 Å². The molecule has 1 aromatic rings. The average Bonchev–Trinajstić information content (AvgIpc) is 2.52. The average molecular weight is 325 g/mol. The largest absolute Gasteiger partial charge is 0.491 e. The summed E-state index contributed by atoms with van der Waals surface area (Å²) in [6.45, 7) is 6.19. The van der Waals surface area contributed by atoms with Crippen molar-refractivity contribution < 1.29 is 19.0 Å². The van der Waals surface area contributed by atoms with Gasteiger partial charge in [0.25, 0.3) is 0 Å². The molecular weight excluding hydrogens is 297 g/mol. The van der Waals surface area contributed by atoms with Crippen LogP contribution in [0.4, 0.5) is 4.39 Å². The standard InChI is InChI=1S/C18H28FNO3/c1-14-4-3-5-15(2)20(14)12-17(21)13-22-10-11-23-18-8-6-16(19)7-9-18/h6-9,14-15,17,21H,3-5,10-13H2,1-2H3. The van der Waals surface area contributed by atoms with Crippen LogP contribution in [0.3, 0.4) is 0 Å². The van der Waals surface area contributed by atoms with Crippen LogP contribution in [0, 0.1) is 5.82 Å². The molecule has 1 aliphatic rings. The highest BCUT2D eigenvalue weighted by molar-refractivity contribution is 5.21. The van der Waals surface area contributed by atoms with Crippen molar-refractivity contribution in [3.8, 4) is 5.75 Å². The number of benzene rings is 1. The highest BCUT2D eigenvalue weighted by Crippen LogP contribution is 2.22. The molecule has 23 heavy (non-hydrogen) atoms. The normalized spacial score (nSPS) is 23.7. The first-order valence-electron chi connectivity index (χ1n) is 8.46. The minimum atomic E-state index is -0.483. The van der Waals surface area contributed by atoms with Gasteiger partial charge < -0.3 is 14.6 Å². The van der Waals surface area contributed by atoms with Crippen LogP contribution in [-0.4, -0.2) is 54.6 Å². The van der Waals surface area contributed by atoms with E-state index in [1.807, 2.05) is 0 Å². The Labute approximate surface area is 138 Å². The van der Waals surface area contributed by atoms with Gasteiger partial charge in [-0.15, -0.1) is 0 Å². The number of ether oxygens (including phenoxy) is 2. The summed E-state index contributed by atoms with van der Waals surface area (Å²) < 4.78 is 23.7. The third-order valence-corrected chi connectivity index (χ3v) is 4.42. The van der Waals surface area contributed by atoms with E-state index in [0.717, 1.165) is 0 Å². The van der Waals surface area contributed by atoms with Gasteiger partial charge >= 0.3 is 0 Å². The third-order valence-electron chi connectivity index (χ3n) is 4.42. The molecule has 1 fully saturated rings. The number of β-amino-alcohol motifs (C(OH)–C–C–N with tert-alkyl or cyclic N) is 1. The minimum Gasteiger partial charge on any atom is -0.491 e. The van der Waals surface area contributed by atoms with E-state index in [0.29, 0.717) is 44.2 Å². The van der Waals surface area contributed by atoms with Crippen LogP contribution in [0.15, 0.2) is 24.3 Å². The van der Waals surface area contributed by atoms with Gasteiger partial charge in [0.2, 0.25) is 0 Å². The molecule has 3 unspecified atom stereocenters. The van der Waals surface area contributed by atoms with Crippen LogP contribution in [0.5, 0.6) is 5.75 Å². The summed E-state index contributed by atoms with van der Waals surface area (Å²) >= 11 is 0. The van der Waals surface area contributed by atoms with E-state index in [-0.39, 0.29) is 5.82 Å². The monoisotopic (exact) mass is 325 g/mol. The number of hydrogen-bond acceptors (Lipinski definition) is 4. The lowest BCUT2D eigenvalue weighted by molar-refractivity contribution is -0.0141. The molecule has 0 aromatic heterocycles. The fourth-order valence-electron chi connectivity index (χ4n) is 3.10. The summed E-state index contributed by atoms with van der Waals surface area (Å²) in [6, 6.07) is 6.94. The molecular formula is C18H28FNO3. The van der Waals surface area contributed by atoms with E-state index in [9.17, 15) is 9.50 Å². The second-order valence-corrected chi connectivity index (χ2v) is 6.36. The molecule has 5 heteroatoms. The van der Waals surface area contributed by atoms with Crippen molar-refractivity contribution >= 4 is 0 Å².